The van der Waals surface area contributed by atoms with E-state index in [1.54, 1.807) is 19.2 Å². The second-order valence-corrected chi connectivity index (χ2v) is 4.37. The van der Waals surface area contributed by atoms with E-state index in [2.05, 4.69) is 10.6 Å². The van der Waals surface area contributed by atoms with Gasteiger partial charge in [0.1, 0.15) is 5.75 Å². The standard InChI is InChI=1S/C15H24N2O3/c1-3-10-20-14-6-4-5-13(12-14)15(18)17-8-7-16-9-11-19-2/h4-6,12,16H,3,7-11H2,1-2H3,(H,17,18). The lowest BCUT2D eigenvalue weighted by molar-refractivity contribution is 0.0953. The number of hydrogen-bond acceptors (Lipinski definition) is 4. The van der Waals surface area contributed by atoms with E-state index >= 15 is 0 Å². The summed E-state index contributed by atoms with van der Waals surface area (Å²) < 4.78 is 10.4. The van der Waals surface area contributed by atoms with Crippen LogP contribution in [0.25, 0.3) is 0 Å². The highest BCUT2D eigenvalue weighted by Crippen LogP contribution is 2.13. The van der Waals surface area contributed by atoms with Crippen LogP contribution in [0.3, 0.4) is 0 Å². The van der Waals surface area contributed by atoms with Crippen LogP contribution >= 0.6 is 0 Å². The zero-order valence-corrected chi connectivity index (χ0v) is 12.3. The Hall–Kier alpha value is -1.59. The third-order valence-electron chi connectivity index (χ3n) is 2.64. The molecule has 0 aliphatic rings. The highest BCUT2D eigenvalue weighted by atomic mass is 16.5. The van der Waals surface area contributed by atoms with Crippen molar-refractivity contribution in [1.82, 2.24) is 10.6 Å². The lowest BCUT2D eigenvalue weighted by Crippen LogP contribution is -2.33. The van der Waals surface area contributed by atoms with Crippen molar-refractivity contribution < 1.29 is 14.3 Å². The predicted octanol–water partition coefficient (Wildman–Crippen LogP) is 1.44. The molecule has 0 aliphatic heterocycles. The molecule has 5 nitrogen and oxygen atoms in total. The van der Waals surface area contributed by atoms with Crippen LogP contribution in [0.4, 0.5) is 0 Å². The first kappa shape index (κ1) is 16.5. The molecule has 0 unspecified atom stereocenters. The topological polar surface area (TPSA) is 59.6 Å². The molecule has 0 atom stereocenters. The number of benzene rings is 1. The molecule has 1 aromatic carbocycles. The average molecular weight is 280 g/mol. The summed E-state index contributed by atoms with van der Waals surface area (Å²) >= 11 is 0. The molecule has 0 aliphatic carbocycles. The molecule has 0 saturated carbocycles. The minimum atomic E-state index is -0.0829. The van der Waals surface area contributed by atoms with Gasteiger partial charge in [-0.2, -0.15) is 0 Å². The molecule has 1 rings (SSSR count). The predicted molar refractivity (Wildman–Crippen MR) is 79.3 cm³/mol. The van der Waals surface area contributed by atoms with Crippen molar-refractivity contribution >= 4 is 5.91 Å². The van der Waals surface area contributed by atoms with Crippen molar-refractivity contribution in [2.75, 3.05) is 40.0 Å². The van der Waals surface area contributed by atoms with E-state index in [4.69, 9.17) is 9.47 Å². The fourth-order valence-corrected chi connectivity index (χ4v) is 1.61. The van der Waals surface area contributed by atoms with E-state index in [9.17, 15) is 4.79 Å². The lowest BCUT2D eigenvalue weighted by atomic mass is 10.2. The quantitative estimate of drug-likeness (QED) is 0.637. The summed E-state index contributed by atoms with van der Waals surface area (Å²) in [5.74, 6) is 0.651. The summed E-state index contributed by atoms with van der Waals surface area (Å²) in [7, 11) is 1.66. The molecule has 2 N–H and O–H groups in total. The second kappa shape index (κ2) is 10.2. The van der Waals surface area contributed by atoms with Crippen molar-refractivity contribution in [3.05, 3.63) is 29.8 Å². The number of carbonyl (C=O) groups excluding carboxylic acids is 1. The highest BCUT2D eigenvalue weighted by molar-refractivity contribution is 5.94. The van der Waals surface area contributed by atoms with Crippen LogP contribution in [0.5, 0.6) is 5.75 Å². The number of rotatable bonds is 10. The first-order valence-corrected chi connectivity index (χ1v) is 6.98. The smallest absolute Gasteiger partial charge is 0.251 e. The maximum absolute atomic E-state index is 11.9. The first-order chi connectivity index (χ1) is 9.77. The fourth-order valence-electron chi connectivity index (χ4n) is 1.61. The van der Waals surface area contributed by atoms with Gasteiger partial charge in [-0.05, 0) is 24.6 Å². The molecule has 1 aromatic rings. The van der Waals surface area contributed by atoms with Crippen LogP contribution in [0, 0.1) is 0 Å². The Kier molecular flexibility index (Phi) is 8.42. The molecule has 0 bridgehead atoms. The molecule has 0 heterocycles. The van der Waals surface area contributed by atoms with Gasteiger partial charge in [-0.25, -0.2) is 0 Å². The van der Waals surface area contributed by atoms with Gasteiger partial charge in [-0.3, -0.25) is 4.79 Å². The molecule has 20 heavy (non-hydrogen) atoms. The van der Waals surface area contributed by atoms with Crippen molar-refractivity contribution in [1.29, 1.82) is 0 Å². The van der Waals surface area contributed by atoms with Crippen molar-refractivity contribution in [3.8, 4) is 5.75 Å². The number of carbonyl (C=O) groups is 1. The monoisotopic (exact) mass is 280 g/mol. The molecule has 112 valence electrons. The minimum absolute atomic E-state index is 0.0829. The van der Waals surface area contributed by atoms with E-state index in [0.717, 1.165) is 25.3 Å². The van der Waals surface area contributed by atoms with E-state index in [-0.39, 0.29) is 5.91 Å². The average Bonchev–Trinajstić information content (AvgIpc) is 2.48. The number of nitrogens with one attached hydrogen (secondary N) is 2. The zero-order valence-electron chi connectivity index (χ0n) is 12.3. The van der Waals surface area contributed by atoms with Crippen LogP contribution in [0.2, 0.25) is 0 Å². The van der Waals surface area contributed by atoms with Crippen LogP contribution in [0.1, 0.15) is 23.7 Å². The largest absolute Gasteiger partial charge is 0.494 e. The van der Waals surface area contributed by atoms with Crippen LogP contribution < -0.4 is 15.4 Å². The summed E-state index contributed by atoms with van der Waals surface area (Å²) in [6.07, 6.45) is 0.948. The Morgan fingerprint density at radius 1 is 1.20 bits per heavy atom. The van der Waals surface area contributed by atoms with Crippen molar-refractivity contribution in [2.24, 2.45) is 0 Å². The van der Waals surface area contributed by atoms with Gasteiger partial charge in [-0.15, -0.1) is 0 Å². The first-order valence-electron chi connectivity index (χ1n) is 6.98. The van der Waals surface area contributed by atoms with E-state index in [1.165, 1.54) is 0 Å². The van der Waals surface area contributed by atoms with Crippen LogP contribution in [-0.2, 0) is 4.74 Å². The van der Waals surface area contributed by atoms with E-state index < -0.39 is 0 Å². The summed E-state index contributed by atoms with van der Waals surface area (Å²) in [6, 6.07) is 7.24. The van der Waals surface area contributed by atoms with Crippen molar-refractivity contribution in [2.45, 2.75) is 13.3 Å². The number of ether oxygens (including phenoxy) is 2. The molecule has 0 aromatic heterocycles. The Morgan fingerprint density at radius 3 is 2.80 bits per heavy atom. The Balaban J connectivity index is 2.31. The maximum atomic E-state index is 11.9. The molecule has 0 spiro atoms. The Bertz CT molecular complexity index is 396. The van der Waals surface area contributed by atoms with Gasteiger partial charge in [0.15, 0.2) is 0 Å². The van der Waals surface area contributed by atoms with E-state index in [1.807, 2.05) is 19.1 Å². The molecule has 0 saturated heterocycles. The SMILES string of the molecule is CCCOc1cccc(C(=O)NCCNCCOC)c1. The summed E-state index contributed by atoms with van der Waals surface area (Å²) in [6.45, 7) is 5.48. The normalized spacial score (nSPS) is 10.3. The van der Waals surface area contributed by atoms with Gasteiger partial charge in [0.05, 0.1) is 13.2 Å². The van der Waals surface area contributed by atoms with E-state index in [0.29, 0.717) is 25.3 Å². The van der Waals surface area contributed by atoms with Gasteiger partial charge in [0.2, 0.25) is 0 Å². The summed E-state index contributed by atoms with van der Waals surface area (Å²) in [5.41, 5.74) is 0.621. The third-order valence-corrected chi connectivity index (χ3v) is 2.64. The van der Waals surface area contributed by atoms with Crippen LogP contribution in [-0.4, -0.2) is 45.9 Å². The molecular formula is C15H24N2O3. The van der Waals surface area contributed by atoms with Gasteiger partial charge >= 0.3 is 0 Å². The second-order valence-electron chi connectivity index (χ2n) is 4.37. The molecule has 5 heteroatoms. The lowest BCUT2D eigenvalue weighted by Gasteiger charge is -2.08. The third kappa shape index (κ3) is 6.54. The zero-order chi connectivity index (χ0) is 14.6. The number of hydrogen-bond donors (Lipinski definition) is 2. The van der Waals surface area contributed by atoms with Gasteiger partial charge in [-0.1, -0.05) is 13.0 Å². The van der Waals surface area contributed by atoms with Gasteiger partial charge < -0.3 is 20.1 Å². The Labute approximate surface area is 120 Å². The van der Waals surface area contributed by atoms with Crippen LogP contribution in [0.15, 0.2) is 24.3 Å². The van der Waals surface area contributed by atoms with Gasteiger partial charge in [0, 0.05) is 32.3 Å². The molecular weight excluding hydrogens is 256 g/mol. The summed E-state index contributed by atoms with van der Waals surface area (Å²) in [4.78, 5) is 11.9. The minimum Gasteiger partial charge on any atom is -0.494 e. The van der Waals surface area contributed by atoms with Crippen molar-refractivity contribution in [3.63, 3.8) is 0 Å². The highest BCUT2D eigenvalue weighted by Gasteiger charge is 2.05. The Morgan fingerprint density at radius 2 is 2.05 bits per heavy atom. The molecule has 1 amide bonds. The number of amides is 1. The maximum Gasteiger partial charge on any atom is 0.251 e. The number of methoxy groups -OCH3 is 1. The molecule has 0 fully saturated rings. The summed E-state index contributed by atoms with van der Waals surface area (Å²) in [5, 5.41) is 6.03. The molecule has 0 radical (unpaired) electrons. The fraction of sp³-hybridized carbons (Fsp3) is 0.533. The van der Waals surface area contributed by atoms with Gasteiger partial charge in [0.25, 0.3) is 5.91 Å².